The molecular weight excluding hydrogens is 326 g/mol. The van der Waals surface area contributed by atoms with Crippen molar-refractivity contribution in [1.29, 1.82) is 0 Å². The number of aromatic nitrogens is 4. The molecule has 0 aromatic carbocycles. The van der Waals surface area contributed by atoms with Gasteiger partial charge in [-0.15, -0.1) is 11.8 Å². The summed E-state index contributed by atoms with van der Waals surface area (Å²) in [5.41, 5.74) is 0.209. The van der Waals surface area contributed by atoms with Crippen molar-refractivity contribution < 1.29 is 9.53 Å². The van der Waals surface area contributed by atoms with Gasteiger partial charge in [-0.25, -0.2) is 24.7 Å². The summed E-state index contributed by atoms with van der Waals surface area (Å²) in [6.45, 7) is 0. The summed E-state index contributed by atoms with van der Waals surface area (Å²) in [5, 5.41) is 3.33. The van der Waals surface area contributed by atoms with E-state index < -0.39 is 5.97 Å². The van der Waals surface area contributed by atoms with Crippen molar-refractivity contribution in [3.63, 3.8) is 0 Å². The molecule has 7 nitrogen and oxygen atoms in total. The molecule has 0 saturated heterocycles. The van der Waals surface area contributed by atoms with Crippen LogP contribution in [0, 0.1) is 5.92 Å². The number of nitrogens with zero attached hydrogens (tertiary/aromatic N) is 4. The minimum absolute atomic E-state index is 0.209. The normalized spacial score (nSPS) is 19.4. The van der Waals surface area contributed by atoms with E-state index in [4.69, 9.17) is 0 Å². The van der Waals surface area contributed by atoms with Gasteiger partial charge < -0.3 is 10.1 Å². The lowest BCUT2D eigenvalue weighted by Gasteiger charge is -2.35. The molecule has 0 bridgehead atoms. The largest absolute Gasteiger partial charge is 0.464 e. The third-order valence-corrected chi connectivity index (χ3v) is 4.70. The molecule has 2 aromatic heterocycles. The molecule has 0 aliphatic heterocycles. The number of anilines is 1. The number of carbonyl (C=O) groups is 1. The Morgan fingerprint density at radius 3 is 2.54 bits per heavy atom. The molecule has 1 saturated carbocycles. The molecule has 0 unspecified atom stereocenters. The SMILES string of the molecule is COC(=O)c1cnc(NC2CC(Cc3ncc(SC)cn3)C2)cn1. The third kappa shape index (κ3) is 4.00. The monoisotopic (exact) mass is 345 g/mol. The van der Waals surface area contributed by atoms with Crippen LogP contribution in [0.15, 0.2) is 29.7 Å². The molecule has 1 fully saturated rings. The molecule has 8 heteroatoms. The summed E-state index contributed by atoms with van der Waals surface area (Å²) in [5.74, 6) is 1.68. The van der Waals surface area contributed by atoms with Gasteiger partial charge in [0, 0.05) is 29.8 Å². The van der Waals surface area contributed by atoms with Gasteiger partial charge in [0.25, 0.3) is 0 Å². The maximum atomic E-state index is 11.3. The van der Waals surface area contributed by atoms with Crippen molar-refractivity contribution >= 4 is 23.5 Å². The van der Waals surface area contributed by atoms with Gasteiger partial charge in [0.05, 0.1) is 19.5 Å². The predicted octanol–water partition coefficient (Wildman–Crippen LogP) is 2.21. The van der Waals surface area contributed by atoms with Crippen molar-refractivity contribution in [2.24, 2.45) is 5.92 Å². The molecule has 0 atom stereocenters. The molecule has 126 valence electrons. The zero-order chi connectivity index (χ0) is 16.9. The second-order valence-electron chi connectivity index (χ2n) is 5.70. The van der Waals surface area contributed by atoms with Crippen LogP contribution in [0.4, 0.5) is 5.82 Å². The van der Waals surface area contributed by atoms with Crippen LogP contribution >= 0.6 is 11.8 Å². The van der Waals surface area contributed by atoms with E-state index in [1.165, 1.54) is 13.3 Å². The maximum absolute atomic E-state index is 11.3. The molecule has 1 aliphatic rings. The van der Waals surface area contributed by atoms with Crippen LogP contribution in [0.2, 0.25) is 0 Å². The molecule has 2 heterocycles. The van der Waals surface area contributed by atoms with Crippen LogP contribution in [0.3, 0.4) is 0 Å². The van der Waals surface area contributed by atoms with Crippen LogP contribution in [0.5, 0.6) is 0 Å². The van der Waals surface area contributed by atoms with E-state index in [1.54, 1.807) is 18.0 Å². The van der Waals surface area contributed by atoms with Crippen LogP contribution in [0.25, 0.3) is 0 Å². The van der Waals surface area contributed by atoms with Gasteiger partial charge >= 0.3 is 5.97 Å². The molecule has 0 spiro atoms. The first-order valence-electron chi connectivity index (χ1n) is 7.69. The molecule has 1 aliphatic carbocycles. The number of hydrogen-bond acceptors (Lipinski definition) is 8. The first kappa shape index (κ1) is 16.6. The molecule has 1 N–H and O–H groups in total. The lowest BCUT2D eigenvalue weighted by Crippen LogP contribution is -2.37. The minimum atomic E-state index is -0.481. The number of methoxy groups -OCH3 is 1. The van der Waals surface area contributed by atoms with E-state index in [0.717, 1.165) is 30.0 Å². The van der Waals surface area contributed by atoms with Crippen molar-refractivity contribution in [3.05, 3.63) is 36.3 Å². The van der Waals surface area contributed by atoms with Gasteiger partial charge in [-0.05, 0) is 25.0 Å². The van der Waals surface area contributed by atoms with Crippen LogP contribution in [0.1, 0.15) is 29.2 Å². The third-order valence-electron chi connectivity index (χ3n) is 4.02. The van der Waals surface area contributed by atoms with Crippen LogP contribution in [-0.4, -0.2) is 45.3 Å². The highest BCUT2D eigenvalue weighted by Gasteiger charge is 2.30. The molecule has 0 amide bonds. The number of nitrogens with one attached hydrogen (secondary N) is 1. The summed E-state index contributed by atoms with van der Waals surface area (Å²) >= 11 is 1.65. The van der Waals surface area contributed by atoms with Gasteiger partial charge in [-0.2, -0.15) is 0 Å². The molecular formula is C16H19N5O2S. The Bertz CT molecular complexity index is 687. The zero-order valence-electron chi connectivity index (χ0n) is 13.6. The Kier molecular flexibility index (Phi) is 5.24. The fraction of sp³-hybridized carbons (Fsp3) is 0.438. The zero-order valence-corrected chi connectivity index (χ0v) is 14.4. The number of esters is 1. The van der Waals surface area contributed by atoms with Gasteiger partial charge in [0.15, 0.2) is 5.69 Å². The summed E-state index contributed by atoms with van der Waals surface area (Å²) < 4.78 is 4.60. The fourth-order valence-electron chi connectivity index (χ4n) is 2.65. The second kappa shape index (κ2) is 7.57. The van der Waals surface area contributed by atoms with Crippen molar-refractivity contribution in [3.8, 4) is 0 Å². The lowest BCUT2D eigenvalue weighted by atomic mass is 9.78. The number of thioether (sulfide) groups is 1. The quantitative estimate of drug-likeness (QED) is 0.629. The average molecular weight is 345 g/mol. The highest BCUT2D eigenvalue weighted by molar-refractivity contribution is 7.98. The highest BCUT2D eigenvalue weighted by atomic mass is 32.2. The predicted molar refractivity (Wildman–Crippen MR) is 91.0 cm³/mol. The minimum Gasteiger partial charge on any atom is -0.464 e. The molecule has 0 radical (unpaired) electrons. The van der Waals surface area contributed by atoms with Crippen molar-refractivity contribution in [2.75, 3.05) is 18.7 Å². The molecule has 2 aromatic rings. The van der Waals surface area contributed by atoms with E-state index in [0.29, 0.717) is 17.8 Å². The van der Waals surface area contributed by atoms with E-state index in [-0.39, 0.29) is 5.69 Å². The Morgan fingerprint density at radius 2 is 1.96 bits per heavy atom. The first-order valence-corrected chi connectivity index (χ1v) is 8.92. The van der Waals surface area contributed by atoms with E-state index in [1.807, 2.05) is 18.6 Å². The molecule has 3 rings (SSSR count). The Balaban J connectivity index is 1.45. The number of rotatable bonds is 6. The summed E-state index contributed by atoms with van der Waals surface area (Å²) in [6, 6.07) is 0.374. The Labute approximate surface area is 144 Å². The smallest absolute Gasteiger partial charge is 0.358 e. The van der Waals surface area contributed by atoms with E-state index >= 15 is 0 Å². The number of carbonyl (C=O) groups excluding carboxylic acids is 1. The van der Waals surface area contributed by atoms with E-state index in [9.17, 15) is 4.79 Å². The fourth-order valence-corrected chi connectivity index (χ4v) is 2.97. The van der Waals surface area contributed by atoms with Crippen molar-refractivity contribution in [2.45, 2.75) is 30.2 Å². The average Bonchev–Trinajstić information content (AvgIpc) is 2.60. The topological polar surface area (TPSA) is 89.9 Å². The summed E-state index contributed by atoms with van der Waals surface area (Å²) in [4.78, 5) is 29.4. The first-order chi connectivity index (χ1) is 11.7. The number of hydrogen-bond donors (Lipinski definition) is 1. The van der Waals surface area contributed by atoms with Gasteiger partial charge in [-0.3, -0.25) is 0 Å². The molecule has 24 heavy (non-hydrogen) atoms. The summed E-state index contributed by atoms with van der Waals surface area (Å²) in [6.07, 6.45) is 11.7. The summed E-state index contributed by atoms with van der Waals surface area (Å²) in [7, 11) is 1.32. The van der Waals surface area contributed by atoms with Crippen molar-refractivity contribution in [1.82, 2.24) is 19.9 Å². The van der Waals surface area contributed by atoms with Gasteiger partial charge in [-0.1, -0.05) is 0 Å². The van der Waals surface area contributed by atoms with Crippen LogP contribution in [-0.2, 0) is 11.2 Å². The number of ether oxygens (including phenoxy) is 1. The standard InChI is InChI=1S/C16H19N5O2S/c1-23-16(22)13-8-20-15(9-17-13)21-11-3-10(4-11)5-14-18-6-12(24-2)7-19-14/h6-11H,3-5H2,1-2H3,(H,20,21). The van der Waals surface area contributed by atoms with Crippen LogP contribution < -0.4 is 5.32 Å². The maximum Gasteiger partial charge on any atom is 0.358 e. The second-order valence-corrected chi connectivity index (χ2v) is 6.58. The highest BCUT2D eigenvalue weighted by Crippen LogP contribution is 2.31. The van der Waals surface area contributed by atoms with Gasteiger partial charge in [0.2, 0.25) is 0 Å². The Morgan fingerprint density at radius 1 is 1.21 bits per heavy atom. The lowest BCUT2D eigenvalue weighted by molar-refractivity contribution is 0.0593. The van der Waals surface area contributed by atoms with Gasteiger partial charge in [0.1, 0.15) is 11.6 Å². The van der Waals surface area contributed by atoms with E-state index in [2.05, 4.69) is 30.0 Å². The Hall–Kier alpha value is -2.22.